The summed E-state index contributed by atoms with van der Waals surface area (Å²) in [6.45, 7) is 6.91. The van der Waals surface area contributed by atoms with Gasteiger partial charge in [0.2, 0.25) is 0 Å². The first-order chi connectivity index (χ1) is 9.47. The third kappa shape index (κ3) is 4.10. The lowest BCUT2D eigenvalue weighted by molar-refractivity contribution is -0.137. The third-order valence-electron chi connectivity index (χ3n) is 4.14. The number of amides is 2. The molecule has 6 heteroatoms. The molecule has 0 radical (unpaired) electrons. The molecular formula is C14H25N3O3. The van der Waals surface area contributed by atoms with E-state index in [0.717, 1.165) is 32.4 Å². The van der Waals surface area contributed by atoms with Gasteiger partial charge in [0.15, 0.2) is 0 Å². The topological polar surface area (TPSA) is 72.9 Å². The molecule has 1 saturated carbocycles. The van der Waals surface area contributed by atoms with Gasteiger partial charge in [-0.3, -0.25) is 4.79 Å². The Balaban J connectivity index is 1.75. The number of carbonyl (C=O) groups is 2. The van der Waals surface area contributed by atoms with Crippen molar-refractivity contribution >= 4 is 12.0 Å². The van der Waals surface area contributed by atoms with Gasteiger partial charge in [-0.05, 0) is 45.6 Å². The molecular weight excluding hydrogens is 258 g/mol. The van der Waals surface area contributed by atoms with Crippen LogP contribution in [-0.4, -0.2) is 65.2 Å². The number of urea groups is 1. The fraction of sp³-hybridized carbons (Fsp3) is 0.857. The fourth-order valence-electron chi connectivity index (χ4n) is 2.73. The van der Waals surface area contributed by atoms with E-state index in [0.29, 0.717) is 18.5 Å². The average Bonchev–Trinajstić information content (AvgIpc) is 3.10. The van der Waals surface area contributed by atoms with Crippen LogP contribution in [-0.2, 0) is 4.79 Å². The molecule has 0 aromatic heterocycles. The molecule has 1 aliphatic heterocycles. The van der Waals surface area contributed by atoms with E-state index in [9.17, 15) is 9.59 Å². The van der Waals surface area contributed by atoms with E-state index < -0.39 is 5.97 Å². The molecule has 2 fully saturated rings. The van der Waals surface area contributed by atoms with Gasteiger partial charge in [0.1, 0.15) is 6.54 Å². The van der Waals surface area contributed by atoms with Crippen molar-refractivity contribution in [2.24, 2.45) is 5.92 Å². The molecule has 0 aromatic carbocycles. The summed E-state index contributed by atoms with van der Waals surface area (Å²) < 4.78 is 0. The van der Waals surface area contributed by atoms with Gasteiger partial charge in [-0.25, -0.2) is 4.79 Å². The molecule has 6 nitrogen and oxygen atoms in total. The minimum absolute atomic E-state index is 0.127. The largest absolute Gasteiger partial charge is 0.480 e. The molecule has 114 valence electrons. The summed E-state index contributed by atoms with van der Waals surface area (Å²) in [7, 11) is 0. The number of nitrogens with zero attached hydrogens (tertiary/aromatic N) is 2. The van der Waals surface area contributed by atoms with E-state index in [1.807, 2.05) is 0 Å². The van der Waals surface area contributed by atoms with Crippen molar-refractivity contribution in [1.82, 2.24) is 15.1 Å². The summed E-state index contributed by atoms with van der Waals surface area (Å²) in [4.78, 5) is 26.7. The lowest BCUT2D eigenvalue weighted by Gasteiger charge is -2.23. The third-order valence-corrected chi connectivity index (χ3v) is 4.14. The van der Waals surface area contributed by atoms with E-state index in [-0.39, 0.29) is 18.6 Å². The summed E-state index contributed by atoms with van der Waals surface area (Å²) in [5.41, 5.74) is 0. The second-order valence-electron chi connectivity index (χ2n) is 6.18. The Bertz CT molecular complexity index is 369. The number of aliphatic carboxylic acids is 1. The number of carbonyl (C=O) groups excluding carboxylic acids is 1. The molecule has 2 amide bonds. The van der Waals surface area contributed by atoms with Crippen LogP contribution in [0.4, 0.5) is 4.79 Å². The Morgan fingerprint density at radius 2 is 2.05 bits per heavy atom. The average molecular weight is 283 g/mol. The first kappa shape index (κ1) is 15.1. The summed E-state index contributed by atoms with van der Waals surface area (Å²) in [6.07, 6.45) is 2.94. The predicted octanol–water partition coefficient (Wildman–Crippen LogP) is 0.975. The van der Waals surface area contributed by atoms with Gasteiger partial charge in [-0.15, -0.1) is 0 Å². The van der Waals surface area contributed by atoms with Gasteiger partial charge >= 0.3 is 12.0 Å². The van der Waals surface area contributed by atoms with Crippen LogP contribution in [0.3, 0.4) is 0 Å². The zero-order valence-corrected chi connectivity index (χ0v) is 12.3. The molecule has 1 aliphatic carbocycles. The van der Waals surface area contributed by atoms with Crippen molar-refractivity contribution in [3.05, 3.63) is 0 Å². The number of rotatable bonds is 6. The highest BCUT2D eigenvalue weighted by atomic mass is 16.4. The van der Waals surface area contributed by atoms with Crippen LogP contribution >= 0.6 is 0 Å². The van der Waals surface area contributed by atoms with Crippen LogP contribution in [0.25, 0.3) is 0 Å². The Hall–Kier alpha value is -1.30. The van der Waals surface area contributed by atoms with Gasteiger partial charge < -0.3 is 20.2 Å². The summed E-state index contributed by atoms with van der Waals surface area (Å²) >= 11 is 0. The molecule has 1 heterocycles. The minimum atomic E-state index is -0.945. The highest BCUT2D eigenvalue weighted by Gasteiger charge is 2.34. The van der Waals surface area contributed by atoms with E-state index in [1.54, 1.807) is 0 Å². The first-order valence-corrected chi connectivity index (χ1v) is 7.47. The van der Waals surface area contributed by atoms with Crippen molar-refractivity contribution in [3.63, 3.8) is 0 Å². The zero-order chi connectivity index (χ0) is 14.7. The van der Waals surface area contributed by atoms with E-state index >= 15 is 0 Å². The normalized spacial score (nSPS) is 23.1. The lowest BCUT2D eigenvalue weighted by Crippen LogP contribution is -2.45. The van der Waals surface area contributed by atoms with Crippen molar-refractivity contribution in [3.8, 4) is 0 Å². The molecule has 20 heavy (non-hydrogen) atoms. The van der Waals surface area contributed by atoms with Crippen LogP contribution in [0.1, 0.15) is 33.1 Å². The van der Waals surface area contributed by atoms with Crippen LogP contribution in [0.5, 0.6) is 0 Å². The van der Waals surface area contributed by atoms with E-state index in [2.05, 4.69) is 24.1 Å². The number of hydrogen-bond acceptors (Lipinski definition) is 3. The highest BCUT2D eigenvalue weighted by Crippen LogP contribution is 2.26. The van der Waals surface area contributed by atoms with Crippen molar-refractivity contribution in [1.29, 1.82) is 0 Å². The van der Waals surface area contributed by atoms with Crippen molar-refractivity contribution in [2.75, 3.05) is 26.2 Å². The molecule has 2 rings (SSSR count). The lowest BCUT2D eigenvalue weighted by atomic mass is 10.1. The monoisotopic (exact) mass is 283 g/mol. The number of likely N-dealkylation sites (tertiary alicyclic amines) is 1. The molecule has 0 aromatic rings. The molecule has 2 N–H and O–H groups in total. The zero-order valence-electron chi connectivity index (χ0n) is 12.3. The van der Waals surface area contributed by atoms with E-state index in [1.165, 1.54) is 4.90 Å². The highest BCUT2D eigenvalue weighted by molar-refractivity contribution is 5.80. The Morgan fingerprint density at radius 3 is 2.55 bits per heavy atom. The minimum Gasteiger partial charge on any atom is -0.480 e. The Morgan fingerprint density at radius 1 is 1.35 bits per heavy atom. The molecule has 1 unspecified atom stereocenters. The molecule has 0 bridgehead atoms. The quantitative estimate of drug-likeness (QED) is 0.762. The van der Waals surface area contributed by atoms with Gasteiger partial charge in [0.05, 0.1) is 0 Å². The van der Waals surface area contributed by atoms with E-state index in [4.69, 9.17) is 5.11 Å². The van der Waals surface area contributed by atoms with Gasteiger partial charge in [-0.2, -0.15) is 0 Å². The van der Waals surface area contributed by atoms with Gasteiger partial charge in [-0.1, -0.05) is 0 Å². The molecule has 2 aliphatic rings. The Labute approximate surface area is 120 Å². The number of carboxylic acid groups (broad SMARTS) is 1. The number of carboxylic acids is 1. The Kier molecular flexibility index (Phi) is 4.86. The SMILES string of the molecule is CC(C)N1CCC(CNC(=O)N(CC(=O)O)C2CC2)C1. The van der Waals surface area contributed by atoms with Crippen molar-refractivity contribution < 1.29 is 14.7 Å². The van der Waals surface area contributed by atoms with Crippen LogP contribution in [0.2, 0.25) is 0 Å². The smallest absolute Gasteiger partial charge is 0.323 e. The summed E-state index contributed by atoms with van der Waals surface area (Å²) in [5, 5.41) is 11.8. The maximum Gasteiger partial charge on any atom is 0.323 e. The molecule has 1 saturated heterocycles. The first-order valence-electron chi connectivity index (χ1n) is 7.47. The van der Waals surface area contributed by atoms with Crippen molar-refractivity contribution in [2.45, 2.75) is 45.2 Å². The van der Waals surface area contributed by atoms with Crippen LogP contribution in [0, 0.1) is 5.92 Å². The second kappa shape index (κ2) is 6.43. The van der Waals surface area contributed by atoms with Gasteiger partial charge in [0, 0.05) is 25.2 Å². The number of nitrogens with one attached hydrogen (secondary N) is 1. The summed E-state index contributed by atoms with van der Waals surface area (Å²) in [6, 6.07) is 0.449. The molecule has 1 atom stereocenters. The number of hydrogen-bond donors (Lipinski definition) is 2. The molecule has 0 spiro atoms. The predicted molar refractivity (Wildman–Crippen MR) is 75.6 cm³/mol. The van der Waals surface area contributed by atoms with Crippen LogP contribution in [0.15, 0.2) is 0 Å². The maximum absolute atomic E-state index is 12.1. The fourth-order valence-corrected chi connectivity index (χ4v) is 2.73. The van der Waals surface area contributed by atoms with Crippen LogP contribution < -0.4 is 5.32 Å². The summed E-state index contributed by atoms with van der Waals surface area (Å²) in [5.74, 6) is -0.467. The second-order valence-corrected chi connectivity index (χ2v) is 6.18. The standard InChI is InChI=1S/C14H25N3O3/c1-10(2)16-6-5-11(8-16)7-15-14(20)17(9-13(18)19)12-3-4-12/h10-12H,3-9H2,1-2H3,(H,15,20)(H,18,19). The maximum atomic E-state index is 12.1. The van der Waals surface area contributed by atoms with Gasteiger partial charge in [0.25, 0.3) is 0 Å².